The molecule has 0 fully saturated rings. The van der Waals surface area contributed by atoms with Crippen LogP contribution in [0.3, 0.4) is 0 Å². The molecule has 6 heteroatoms. The Bertz CT molecular complexity index is 1250. The van der Waals surface area contributed by atoms with Gasteiger partial charge >= 0.3 is 5.97 Å². The molecule has 0 bridgehead atoms. The van der Waals surface area contributed by atoms with Crippen LogP contribution in [-0.2, 0) is 22.6 Å². The highest BCUT2D eigenvalue weighted by atomic mass is 16.5. The Labute approximate surface area is 226 Å². The minimum atomic E-state index is -0.259. The van der Waals surface area contributed by atoms with E-state index in [1.165, 1.54) is 11.1 Å². The van der Waals surface area contributed by atoms with Gasteiger partial charge in [0.1, 0.15) is 18.1 Å². The van der Waals surface area contributed by atoms with E-state index in [0.717, 1.165) is 41.0 Å². The highest BCUT2D eigenvalue weighted by Crippen LogP contribution is 2.30. The normalized spacial score (nSPS) is 10.7. The number of carbonyl (C=O) groups excluding carboxylic acids is 2. The van der Waals surface area contributed by atoms with Gasteiger partial charge in [0.05, 0.1) is 18.8 Å². The second-order valence-corrected chi connectivity index (χ2v) is 9.37. The molecular weight excluding hydrogens is 478 g/mol. The van der Waals surface area contributed by atoms with Crippen LogP contribution in [0.5, 0.6) is 11.5 Å². The number of carbonyl (C=O) groups is 2. The molecule has 0 heterocycles. The fourth-order valence-corrected chi connectivity index (χ4v) is 4.21. The van der Waals surface area contributed by atoms with Gasteiger partial charge in [0, 0.05) is 12.1 Å². The van der Waals surface area contributed by atoms with Gasteiger partial charge in [-0.15, -0.1) is 0 Å². The van der Waals surface area contributed by atoms with Crippen molar-refractivity contribution in [2.75, 3.05) is 18.5 Å². The fraction of sp³-hybridized carbons (Fsp3) is 0.375. The number of para-hydroxylation sites is 1. The second kappa shape index (κ2) is 14.2. The third-order valence-electron chi connectivity index (χ3n) is 6.53. The molecule has 3 aromatic carbocycles. The predicted molar refractivity (Wildman–Crippen MR) is 151 cm³/mol. The van der Waals surface area contributed by atoms with Gasteiger partial charge in [-0.3, -0.25) is 9.59 Å². The zero-order valence-electron chi connectivity index (χ0n) is 23.2. The number of esters is 1. The summed E-state index contributed by atoms with van der Waals surface area (Å²) in [4.78, 5) is 24.7. The van der Waals surface area contributed by atoms with Gasteiger partial charge < -0.3 is 19.5 Å². The summed E-state index contributed by atoms with van der Waals surface area (Å²) in [7, 11) is 0. The summed E-state index contributed by atoms with van der Waals surface area (Å²) in [5.74, 6) is 0.761. The molecule has 0 aliphatic carbocycles. The van der Waals surface area contributed by atoms with Gasteiger partial charge in [0.25, 0.3) is 5.91 Å². The van der Waals surface area contributed by atoms with Crippen molar-refractivity contribution in [1.29, 1.82) is 0 Å². The molecule has 6 nitrogen and oxygen atoms in total. The quantitative estimate of drug-likeness (QED) is 0.193. The van der Waals surface area contributed by atoms with E-state index in [9.17, 15) is 9.59 Å². The maximum atomic E-state index is 13.1. The minimum Gasteiger partial charge on any atom is -0.493 e. The second-order valence-electron chi connectivity index (χ2n) is 9.37. The Morgan fingerprint density at radius 2 is 1.66 bits per heavy atom. The topological polar surface area (TPSA) is 73.9 Å². The van der Waals surface area contributed by atoms with Crippen molar-refractivity contribution in [3.05, 3.63) is 88.0 Å². The van der Waals surface area contributed by atoms with E-state index in [2.05, 4.69) is 37.4 Å². The van der Waals surface area contributed by atoms with E-state index < -0.39 is 0 Å². The van der Waals surface area contributed by atoms with Crippen molar-refractivity contribution >= 4 is 17.6 Å². The smallest absolute Gasteiger partial charge is 0.305 e. The number of hydrogen-bond donors (Lipinski definition) is 1. The van der Waals surface area contributed by atoms with Crippen LogP contribution in [0.4, 0.5) is 5.69 Å². The molecule has 0 atom stereocenters. The summed E-state index contributed by atoms with van der Waals surface area (Å²) in [6.07, 6.45) is 3.00. The van der Waals surface area contributed by atoms with Crippen molar-refractivity contribution in [3.8, 4) is 11.5 Å². The van der Waals surface area contributed by atoms with E-state index in [-0.39, 0.29) is 18.3 Å². The van der Waals surface area contributed by atoms with Crippen LogP contribution in [-0.4, -0.2) is 25.1 Å². The summed E-state index contributed by atoms with van der Waals surface area (Å²) < 4.78 is 16.9. The number of ether oxygens (including phenoxy) is 3. The zero-order valence-corrected chi connectivity index (χ0v) is 23.2. The van der Waals surface area contributed by atoms with E-state index in [4.69, 9.17) is 14.2 Å². The summed E-state index contributed by atoms with van der Waals surface area (Å²) in [6, 6.07) is 17.4. The first-order valence-electron chi connectivity index (χ1n) is 13.3. The monoisotopic (exact) mass is 517 g/mol. The lowest BCUT2D eigenvalue weighted by atomic mass is 10.0. The first-order valence-corrected chi connectivity index (χ1v) is 13.3. The Balaban J connectivity index is 1.63. The minimum absolute atomic E-state index is 0.250. The molecule has 0 aliphatic rings. The SMILES string of the molecule is CCCc1ccc(COc2ccc(NC(=O)c3ccccc3OCCCC(=O)OCC)c(C)c2C)c(C)c1. The zero-order chi connectivity index (χ0) is 27.5. The van der Waals surface area contributed by atoms with Gasteiger partial charge in [-0.25, -0.2) is 0 Å². The van der Waals surface area contributed by atoms with Crippen LogP contribution in [0.15, 0.2) is 54.6 Å². The average molecular weight is 518 g/mol. The third kappa shape index (κ3) is 7.85. The number of benzene rings is 3. The summed E-state index contributed by atoms with van der Waals surface area (Å²) in [6.45, 7) is 11.2. The molecule has 202 valence electrons. The van der Waals surface area contributed by atoms with Gasteiger partial charge in [-0.2, -0.15) is 0 Å². The van der Waals surface area contributed by atoms with Gasteiger partial charge in [0.2, 0.25) is 0 Å². The van der Waals surface area contributed by atoms with E-state index >= 15 is 0 Å². The Kier molecular flexibility index (Phi) is 10.8. The van der Waals surface area contributed by atoms with Crippen LogP contribution in [0.1, 0.15) is 71.3 Å². The Morgan fingerprint density at radius 3 is 2.39 bits per heavy atom. The van der Waals surface area contributed by atoms with Crippen LogP contribution in [0.25, 0.3) is 0 Å². The number of anilines is 1. The molecule has 3 aromatic rings. The predicted octanol–water partition coefficient (Wildman–Crippen LogP) is 7.12. The van der Waals surface area contributed by atoms with Gasteiger partial charge in [-0.1, -0.05) is 43.7 Å². The summed E-state index contributed by atoms with van der Waals surface area (Å²) >= 11 is 0. The lowest BCUT2D eigenvalue weighted by molar-refractivity contribution is -0.143. The summed E-state index contributed by atoms with van der Waals surface area (Å²) in [5.41, 5.74) is 6.82. The highest BCUT2D eigenvalue weighted by molar-refractivity contribution is 6.06. The molecule has 0 saturated heterocycles. The first-order chi connectivity index (χ1) is 18.3. The van der Waals surface area contributed by atoms with Crippen molar-refractivity contribution in [2.24, 2.45) is 0 Å². The molecule has 3 rings (SSSR count). The largest absolute Gasteiger partial charge is 0.493 e. The number of amides is 1. The summed E-state index contributed by atoms with van der Waals surface area (Å²) in [5, 5.41) is 3.01. The molecule has 0 spiro atoms. The lowest BCUT2D eigenvalue weighted by Gasteiger charge is -2.17. The number of hydrogen-bond acceptors (Lipinski definition) is 5. The molecule has 0 aliphatic heterocycles. The number of aryl methyl sites for hydroxylation is 2. The number of rotatable bonds is 13. The first kappa shape index (κ1) is 28.8. The van der Waals surface area contributed by atoms with E-state index in [0.29, 0.717) is 37.6 Å². The fourth-order valence-electron chi connectivity index (χ4n) is 4.21. The van der Waals surface area contributed by atoms with Crippen LogP contribution < -0.4 is 14.8 Å². The maximum Gasteiger partial charge on any atom is 0.305 e. The van der Waals surface area contributed by atoms with Crippen molar-refractivity contribution in [3.63, 3.8) is 0 Å². The molecule has 38 heavy (non-hydrogen) atoms. The van der Waals surface area contributed by atoms with Crippen LogP contribution in [0.2, 0.25) is 0 Å². The maximum absolute atomic E-state index is 13.1. The van der Waals surface area contributed by atoms with Crippen molar-refractivity contribution in [1.82, 2.24) is 0 Å². The van der Waals surface area contributed by atoms with Crippen molar-refractivity contribution < 1.29 is 23.8 Å². The molecule has 0 aromatic heterocycles. The number of nitrogens with one attached hydrogen (secondary N) is 1. The Hall–Kier alpha value is -3.80. The standard InChI is InChI=1S/C32H39NO5/c1-6-11-25-15-16-26(22(3)20-25)21-38-29-18-17-28(23(4)24(29)5)33-32(35)27-12-8-9-13-30(27)37-19-10-14-31(34)36-7-2/h8-9,12-13,15-18,20H,6-7,10-11,14,19,21H2,1-5H3,(H,33,35). The van der Waals surface area contributed by atoms with Crippen LogP contribution >= 0.6 is 0 Å². The molecule has 0 radical (unpaired) electrons. The van der Waals surface area contributed by atoms with E-state index in [1.807, 2.05) is 32.0 Å². The lowest BCUT2D eigenvalue weighted by Crippen LogP contribution is -2.15. The van der Waals surface area contributed by atoms with Crippen LogP contribution in [0, 0.1) is 20.8 Å². The van der Waals surface area contributed by atoms with Gasteiger partial charge in [0.15, 0.2) is 0 Å². The van der Waals surface area contributed by atoms with Crippen molar-refractivity contribution in [2.45, 2.75) is 66.9 Å². The van der Waals surface area contributed by atoms with E-state index in [1.54, 1.807) is 25.1 Å². The molecule has 1 N–H and O–H groups in total. The molecule has 0 unspecified atom stereocenters. The average Bonchev–Trinajstić information content (AvgIpc) is 2.90. The third-order valence-corrected chi connectivity index (χ3v) is 6.53. The highest BCUT2D eigenvalue weighted by Gasteiger charge is 2.16. The molecule has 1 amide bonds. The van der Waals surface area contributed by atoms with Gasteiger partial charge in [-0.05, 0) is 92.6 Å². The molecular formula is C32H39NO5. The Morgan fingerprint density at radius 1 is 0.868 bits per heavy atom. The molecule has 0 saturated carbocycles.